The number of rotatable bonds is 10. The molecule has 0 aliphatic heterocycles. The summed E-state index contributed by atoms with van der Waals surface area (Å²) in [4.78, 5) is 24.0. The quantitative estimate of drug-likeness (QED) is 0.557. The Morgan fingerprint density at radius 2 is 1.90 bits per heavy atom. The number of ether oxygens (including phenoxy) is 1. The van der Waals surface area contributed by atoms with E-state index in [4.69, 9.17) is 9.84 Å². The molecule has 0 bridgehead atoms. The Balaban J connectivity index is 3.95. The normalized spacial score (nSPS) is 15.1. The maximum absolute atomic E-state index is 11.9. The van der Waals surface area contributed by atoms with E-state index >= 15 is 0 Å². The molecule has 2 amide bonds. The van der Waals surface area contributed by atoms with E-state index in [9.17, 15) is 14.7 Å². The van der Waals surface area contributed by atoms with Crippen LogP contribution in [0.4, 0.5) is 4.79 Å². The smallest absolute Gasteiger partial charge is 0.317 e. The first kappa shape index (κ1) is 19.7. The highest BCUT2D eigenvalue weighted by Gasteiger charge is 2.16. The average Bonchev–Trinajstić information content (AvgIpc) is 2.38. The predicted octanol–water partition coefficient (Wildman–Crippen LogP) is 0.915. The molecule has 3 atom stereocenters. The molecule has 0 saturated carbocycles. The van der Waals surface area contributed by atoms with Crippen LogP contribution in [0.5, 0.6) is 0 Å². The standard InChI is InChI=1S/C14H28N2O5/c1-10(13(18)19)6-5-7-11(2)15-14(20)16(3)8-12(17)9-21-4/h10-12,17H,5-9H2,1-4H3,(H,15,20)(H,18,19). The maximum Gasteiger partial charge on any atom is 0.317 e. The van der Waals surface area contributed by atoms with Gasteiger partial charge in [0.1, 0.15) is 0 Å². The van der Waals surface area contributed by atoms with Crippen LogP contribution in [0, 0.1) is 5.92 Å². The Labute approximate surface area is 126 Å². The van der Waals surface area contributed by atoms with Gasteiger partial charge in [-0.1, -0.05) is 13.3 Å². The number of aliphatic hydroxyl groups is 1. The first-order chi connectivity index (χ1) is 9.77. The van der Waals surface area contributed by atoms with Crippen LogP contribution in [-0.4, -0.2) is 66.6 Å². The largest absolute Gasteiger partial charge is 0.481 e. The van der Waals surface area contributed by atoms with Crippen molar-refractivity contribution in [1.29, 1.82) is 0 Å². The highest BCUT2D eigenvalue weighted by Crippen LogP contribution is 2.09. The van der Waals surface area contributed by atoms with Crippen LogP contribution in [0.1, 0.15) is 33.1 Å². The summed E-state index contributed by atoms with van der Waals surface area (Å²) in [6, 6.07) is -0.301. The van der Waals surface area contributed by atoms with Crippen LogP contribution < -0.4 is 5.32 Å². The molecule has 0 spiro atoms. The molecule has 0 saturated heterocycles. The summed E-state index contributed by atoms with van der Waals surface area (Å²) in [5.74, 6) is -1.15. The number of aliphatic hydroxyl groups excluding tert-OH is 1. The molecule has 124 valence electrons. The number of amides is 2. The Morgan fingerprint density at radius 1 is 1.29 bits per heavy atom. The molecule has 0 aliphatic rings. The second-order valence-corrected chi connectivity index (χ2v) is 5.51. The molecule has 0 aromatic carbocycles. The zero-order valence-corrected chi connectivity index (χ0v) is 13.3. The van der Waals surface area contributed by atoms with Gasteiger partial charge in [0.25, 0.3) is 0 Å². The predicted molar refractivity (Wildman–Crippen MR) is 79.2 cm³/mol. The molecule has 3 N–H and O–H groups in total. The van der Waals surface area contributed by atoms with E-state index in [1.54, 1.807) is 14.0 Å². The van der Waals surface area contributed by atoms with Gasteiger partial charge in [-0.2, -0.15) is 0 Å². The molecule has 0 rings (SSSR count). The topological polar surface area (TPSA) is 99.1 Å². The van der Waals surface area contributed by atoms with Crippen molar-refractivity contribution in [2.75, 3.05) is 27.3 Å². The SMILES string of the molecule is COCC(O)CN(C)C(=O)NC(C)CCCC(C)C(=O)O. The molecular formula is C14H28N2O5. The first-order valence-corrected chi connectivity index (χ1v) is 7.19. The number of hydrogen-bond donors (Lipinski definition) is 3. The van der Waals surface area contributed by atoms with E-state index in [0.717, 1.165) is 12.8 Å². The lowest BCUT2D eigenvalue weighted by Gasteiger charge is -2.23. The first-order valence-electron chi connectivity index (χ1n) is 7.19. The number of aliphatic carboxylic acids is 1. The van der Waals surface area contributed by atoms with E-state index in [2.05, 4.69) is 5.32 Å². The minimum absolute atomic E-state index is 0.0412. The van der Waals surface area contributed by atoms with Gasteiger partial charge >= 0.3 is 12.0 Å². The Hall–Kier alpha value is -1.34. The van der Waals surface area contributed by atoms with Gasteiger partial charge in [-0.05, 0) is 19.8 Å². The van der Waals surface area contributed by atoms with Crippen molar-refractivity contribution in [1.82, 2.24) is 10.2 Å². The fraction of sp³-hybridized carbons (Fsp3) is 0.857. The minimum atomic E-state index is -0.793. The van der Waals surface area contributed by atoms with Crippen molar-refractivity contribution in [3.8, 4) is 0 Å². The summed E-state index contributed by atoms with van der Waals surface area (Å²) in [6.45, 7) is 3.93. The third kappa shape index (κ3) is 9.25. The number of nitrogens with one attached hydrogen (secondary N) is 1. The molecule has 0 aromatic rings. The molecule has 0 aromatic heterocycles. The van der Waals surface area contributed by atoms with Gasteiger partial charge in [-0.25, -0.2) is 4.79 Å². The Kier molecular flexibility index (Phi) is 9.73. The number of carboxylic acids is 1. The summed E-state index contributed by atoms with van der Waals surface area (Å²) in [5.41, 5.74) is 0. The monoisotopic (exact) mass is 304 g/mol. The molecular weight excluding hydrogens is 276 g/mol. The van der Waals surface area contributed by atoms with E-state index < -0.39 is 12.1 Å². The number of carbonyl (C=O) groups excluding carboxylic acids is 1. The number of nitrogens with zero attached hydrogens (tertiary/aromatic N) is 1. The number of urea groups is 1. The van der Waals surface area contributed by atoms with Crippen LogP contribution in [0.2, 0.25) is 0 Å². The molecule has 0 fully saturated rings. The lowest BCUT2D eigenvalue weighted by atomic mass is 10.0. The van der Waals surface area contributed by atoms with Crippen LogP contribution in [0.3, 0.4) is 0 Å². The third-order valence-corrected chi connectivity index (χ3v) is 3.26. The van der Waals surface area contributed by atoms with Gasteiger partial charge in [-0.3, -0.25) is 4.79 Å². The lowest BCUT2D eigenvalue weighted by Crippen LogP contribution is -2.45. The second kappa shape index (κ2) is 10.4. The van der Waals surface area contributed by atoms with Crippen molar-refractivity contribution in [3.63, 3.8) is 0 Å². The van der Waals surface area contributed by atoms with Gasteiger partial charge in [-0.15, -0.1) is 0 Å². The van der Waals surface area contributed by atoms with Crippen molar-refractivity contribution in [2.45, 2.75) is 45.3 Å². The van der Waals surface area contributed by atoms with Crippen LogP contribution in [0.25, 0.3) is 0 Å². The van der Waals surface area contributed by atoms with E-state index in [0.29, 0.717) is 6.42 Å². The number of hydrogen-bond acceptors (Lipinski definition) is 4. The highest BCUT2D eigenvalue weighted by molar-refractivity contribution is 5.74. The molecule has 21 heavy (non-hydrogen) atoms. The second-order valence-electron chi connectivity index (χ2n) is 5.51. The lowest BCUT2D eigenvalue weighted by molar-refractivity contribution is -0.141. The van der Waals surface area contributed by atoms with E-state index in [1.165, 1.54) is 12.0 Å². The van der Waals surface area contributed by atoms with Crippen LogP contribution in [-0.2, 0) is 9.53 Å². The number of likely N-dealkylation sites (N-methyl/N-ethyl adjacent to an activating group) is 1. The maximum atomic E-state index is 11.9. The Morgan fingerprint density at radius 3 is 2.43 bits per heavy atom. The van der Waals surface area contributed by atoms with E-state index in [1.807, 2.05) is 6.92 Å². The minimum Gasteiger partial charge on any atom is -0.481 e. The van der Waals surface area contributed by atoms with Gasteiger partial charge in [0.2, 0.25) is 0 Å². The van der Waals surface area contributed by atoms with Gasteiger partial charge in [0.15, 0.2) is 0 Å². The molecule has 0 aliphatic carbocycles. The summed E-state index contributed by atoms with van der Waals surface area (Å²) in [6.07, 6.45) is 1.35. The molecule has 0 radical (unpaired) electrons. The van der Waals surface area contributed by atoms with Crippen molar-refractivity contribution in [2.24, 2.45) is 5.92 Å². The van der Waals surface area contributed by atoms with Crippen LogP contribution >= 0.6 is 0 Å². The van der Waals surface area contributed by atoms with Crippen molar-refractivity contribution in [3.05, 3.63) is 0 Å². The average molecular weight is 304 g/mol. The van der Waals surface area contributed by atoms with Gasteiger partial charge in [0.05, 0.1) is 25.2 Å². The van der Waals surface area contributed by atoms with Crippen molar-refractivity contribution >= 4 is 12.0 Å². The number of carbonyl (C=O) groups is 2. The van der Waals surface area contributed by atoms with Crippen LogP contribution in [0.15, 0.2) is 0 Å². The highest BCUT2D eigenvalue weighted by atomic mass is 16.5. The third-order valence-electron chi connectivity index (χ3n) is 3.26. The molecule has 0 heterocycles. The number of methoxy groups -OCH3 is 1. The molecule has 7 heteroatoms. The van der Waals surface area contributed by atoms with Crippen molar-refractivity contribution < 1.29 is 24.5 Å². The zero-order chi connectivity index (χ0) is 16.4. The van der Waals surface area contributed by atoms with Gasteiger partial charge < -0.3 is 25.2 Å². The fourth-order valence-electron chi connectivity index (χ4n) is 1.89. The zero-order valence-electron chi connectivity index (χ0n) is 13.3. The number of carboxylic acid groups (broad SMARTS) is 1. The molecule has 3 unspecified atom stereocenters. The fourth-order valence-corrected chi connectivity index (χ4v) is 1.89. The summed E-state index contributed by atoms with van der Waals surface area (Å²) >= 11 is 0. The Bertz CT molecular complexity index is 324. The summed E-state index contributed by atoms with van der Waals surface area (Å²) in [5, 5.41) is 21.2. The van der Waals surface area contributed by atoms with E-state index in [-0.39, 0.29) is 31.1 Å². The summed E-state index contributed by atoms with van der Waals surface area (Å²) < 4.78 is 4.80. The summed E-state index contributed by atoms with van der Waals surface area (Å²) in [7, 11) is 3.09. The molecule has 7 nitrogen and oxygen atoms in total. The van der Waals surface area contributed by atoms with Gasteiger partial charge in [0, 0.05) is 20.2 Å².